The molecule has 1 aromatic carbocycles. The highest BCUT2D eigenvalue weighted by molar-refractivity contribution is 5.84. The molecule has 0 aliphatic carbocycles. The Hall–Kier alpha value is -1.39. The van der Waals surface area contributed by atoms with Crippen LogP contribution in [0.5, 0.6) is 0 Å². The first-order valence-corrected chi connectivity index (χ1v) is 7.65. The molecule has 2 rings (SSSR count). The van der Waals surface area contributed by atoms with Gasteiger partial charge in [0.05, 0.1) is 18.8 Å². The lowest BCUT2D eigenvalue weighted by Gasteiger charge is -2.26. The number of nitrogens with one attached hydrogen (secondary N) is 1. The summed E-state index contributed by atoms with van der Waals surface area (Å²) in [4.78, 5) is 14.2. The number of aryl methyl sites for hydroxylation is 2. The molecule has 2 atom stereocenters. The van der Waals surface area contributed by atoms with Gasteiger partial charge in [0.25, 0.3) is 0 Å². The summed E-state index contributed by atoms with van der Waals surface area (Å²) in [7, 11) is 0. The second-order valence-electron chi connectivity index (χ2n) is 6.10. The summed E-state index contributed by atoms with van der Waals surface area (Å²) in [5.74, 6) is 0.146. The average Bonchev–Trinajstić information content (AvgIpc) is 2.66. The van der Waals surface area contributed by atoms with E-state index in [1.54, 1.807) is 0 Å². The standard InChI is InChI=1S/C17H26N2O2/c1-11(2)21-9-8-19-16(18-14(5)17(19)20)15-7-6-12(3)10-13(15)4/h6-7,10-11,14,16,18H,8-9H2,1-5H3. The van der Waals surface area contributed by atoms with Gasteiger partial charge < -0.3 is 9.64 Å². The van der Waals surface area contributed by atoms with Gasteiger partial charge in [-0.3, -0.25) is 10.1 Å². The Morgan fingerprint density at radius 2 is 2.05 bits per heavy atom. The Balaban J connectivity index is 2.17. The van der Waals surface area contributed by atoms with Crippen LogP contribution in [0, 0.1) is 13.8 Å². The van der Waals surface area contributed by atoms with Crippen LogP contribution in [0.1, 0.15) is 43.6 Å². The van der Waals surface area contributed by atoms with Crippen molar-refractivity contribution in [1.82, 2.24) is 10.2 Å². The number of rotatable bonds is 5. The molecule has 116 valence electrons. The van der Waals surface area contributed by atoms with Crippen molar-refractivity contribution in [1.29, 1.82) is 0 Å². The molecule has 1 amide bonds. The second-order valence-corrected chi connectivity index (χ2v) is 6.10. The van der Waals surface area contributed by atoms with E-state index in [0.29, 0.717) is 13.2 Å². The molecule has 2 unspecified atom stereocenters. The van der Waals surface area contributed by atoms with Gasteiger partial charge in [-0.15, -0.1) is 0 Å². The highest BCUT2D eigenvalue weighted by Gasteiger charge is 2.37. The summed E-state index contributed by atoms with van der Waals surface area (Å²) in [6.07, 6.45) is 0.136. The molecule has 21 heavy (non-hydrogen) atoms. The Morgan fingerprint density at radius 3 is 2.67 bits per heavy atom. The van der Waals surface area contributed by atoms with E-state index < -0.39 is 0 Å². The lowest BCUT2D eigenvalue weighted by Crippen LogP contribution is -2.34. The molecule has 0 saturated carbocycles. The van der Waals surface area contributed by atoms with E-state index in [1.165, 1.54) is 16.7 Å². The zero-order chi connectivity index (χ0) is 15.6. The first kappa shape index (κ1) is 16.0. The molecule has 1 aliphatic rings. The highest BCUT2D eigenvalue weighted by atomic mass is 16.5. The van der Waals surface area contributed by atoms with Crippen LogP contribution in [-0.2, 0) is 9.53 Å². The number of carbonyl (C=O) groups is 1. The van der Waals surface area contributed by atoms with Gasteiger partial charge in [0, 0.05) is 6.54 Å². The van der Waals surface area contributed by atoms with Gasteiger partial charge in [0.1, 0.15) is 6.17 Å². The van der Waals surface area contributed by atoms with Crippen LogP contribution < -0.4 is 5.32 Å². The van der Waals surface area contributed by atoms with Crippen molar-refractivity contribution in [3.05, 3.63) is 34.9 Å². The minimum absolute atomic E-state index is 0.0520. The first-order valence-electron chi connectivity index (χ1n) is 7.65. The molecule has 0 aromatic heterocycles. The smallest absolute Gasteiger partial charge is 0.241 e. The van der Waals surface area contributed by atoms with Crippen molar-refractivity contribution in [2.45, 2.75) is 52.9 Å². The lowest BCUT2D eigenvalue weighted by molar-refractivity contribution is -0.130. The van der Waals surface area contributed by atoms with Gasteiger partial charge >= 0.3 is 0 Å². The van der Waals surface area contributed by atoms with Crippen LogP contribution in [0.25, 0.3) is 0 Å². The molecular weight excluding hydrogens is 264 g/mol. The lowest BCUT2D eigenvalue weighted by atomic mass is 10.0. The maximum Gasteiger partial charge on any atom is 0.241 e. The Bertz CT molecular complexity index is 514. The van der Waals surface area contributed by atoms with E-state index in [9.17, 15) is 4.79 Å². The molecule has 1 aromatic rings. The van der Waals surface area contributed by atoms with E-state index in [2.05, 4.69) is 37.4 Å². The molecule has 1 N–H and O–H groups in total. The second kappa shape index (κ2) is 6.58. The molecule has 1 fully saturated rings. The van der Waals surface area contributed by atoms with E-state index in [1.807, 2.05) is 25.7 Å². The van der Waals surface area contributed by atoms with Crippen LogP contribution >= 0.6 is 0 Å². The van der Waals surface area contributed by atoms with Crippen LogP contribution in [0.15, 0.2) is 18.2 Å². The molecule has 0 spiro atoms. The minimum atomic E-state index is -0.144. The number of carbonyl (C=O) groups excluding carboxylic acids is 1. The molecule has 0 bridgehead atoms. The number of hydrogen-bond acceptors (Lipinski definition) is 3. The topological polar surface area (TPSA) is 41.6 Å². The fraction of sp³-hybridized carbons (Fsp3) is 0.588. The summed E-state index contributed by atoms with van der Waals surface area (Å²) < 4.78 is 5.60. The normalized spacial score (nSPS) is 22.4. The zero-order valence-corrected chi connectivity index (χ0v) is 13.6. The van der Waals surface area contributed by atoms with Crippen molar-refractivity contribution >= 4 is 5.91 Å². The maximum absolute atomic E-state index is 12.4. The van der Waals surface area contributed by atoms with Crippen LogP contribution in [0.4, 0.5) is 0 Å². The van der Waals surface area contributed by atoms with Crippen molar-refractivity contribution in [3.8, 4) is 0 Å². The largest absolute Gasteiger partial charge is 0.377 e. The first-order chi connectivity index (χ1) is 9.90. The van der Waals surface area contributed by atoms with Gasteiger partial charge in [0.15, 0.2) is 0 Å². The van der Waals surface area contributed by atoms with Crippen LogP contribution in [0.2, 0.25) is 0 Å². The Morgan fingerprint density at radius 1 is 1.33 bits per heavy atom. The fourth-order valence-corrected chi connectivity index (χ4v) is 2.79. The highest BCUT2D eigenvalue weighted by Crippen LogP contribution is 2.27. The maximum atomic E-state index is 12.4. The minimum Gasteiger partial charge on any atom is -0.377 e. The van der Waals surface area contributed by atoms with Gasteiger partial charge in [0.2, 0.25) is 5.91 Å². The van der Waals surface area contributed by atoms with Crippen LogP contribution in [0.3, 0.4) is 0 Å². The third-order valence-corrected chi connectivity index (χ3v) is 3.88. The number of amides is 1. The Kier molecular flexibility index (Phi) is 5.01. The fourth-order valence-electron chi connectivity index (χ4n) is 2.79. The van der Waals surface area contributed by atoms with Gasteiger partial charge in [-0.05, 0) is 45.7 Å². The predicted molar refractivity (Wildman–Crippen MR) is 84.1 cm³/mol. The van der Waals surface area contributed by atoms with Crippen molar-refractivity contribution in [2.75, 3.05) is 13.2 Å². The van der Waals surface area contributed by atoms with E-state index in [4.69, 9.17) is 4.74 Å². The van der Waals surface area contributed by atoms with E-state index in [-0.39, 0.29) is 24.2 Å². The van der Waals surface area contributed by atoms with Crippen LogP contribution in [-0.4, -0.2) is 36.1 Å². The summed E-state index contributed by atoms with van der Waals surface area (Å²) in [6.45, 7) is 11.3. The van der Waals surface area contributed by atoms with Crippen molar-refractivity contribution in [2.24, 2.45) is 0 Å². The summed E-state index contributed by atoms with van der Waals surface area (Å²) in [5, 5.41) is 3.39. The summed E-state index contributed by atoms with van der Waals surface area (Å²) in [5.41, 5.74) is 3.62. The average molecular weight is 290 g/mol. The molecule has 1 heterocycles. The van der Waals surface area contributed by atoms with Crippen molar-refractivity contribution < 1.29 is 9.53 Å². The molecule has 1 aliphatic heterocycles. The monoisotopic (exact) mass is 290 g/mol. The van der Waals surface area contributed by atoms with E-state index >= 15 is 0 Å². The zero-order valence-electron chi connectivity index (χ0n) is 13.6. The third kappa shape index (κ3) is 3.63. The molecule has 0 radical (unpaired) electrons. The number of nitrogens with zero attached hydrogens (tertiary/aromatic N) is 1. The van der Waals surface area contributed by atoms with Crippen molar-refractivity contribution in [3.63, 3.8) is 0 Å². The molecule has 1 saturated heterocycles. The number of hydrogen-bond donors (Lipinski definition) is 1. The summed E-state index contributed by atoms with van der Waals surface area (Å²) >= 11 is 0. The molecular formula is C17H26N2O2. The predicted octanol–water partition coefficient (Wildman–Crippen LogP) is 2.55. The van der Waals surface area contributed by atoms with Gasteiger partial charge in [-0.25, -0.2) is 0 Å². The number of ether oxygens (including phenoxy) is 1. The van der Waals surface area contributed by atoms with Gasteiger partial charge in [-0.1, -0.05) is 23.8 Å². The molecule has 4 nitrogen and oxygen atoms in total. The SMILES string of the molecule is Cc1ccc(C2NC(C)C(=O)N2CCOC(C)C)c(C)c1. The van der Waals surface area contributed by atoms with Gasteiger partial charge in [-0.2, -0.15) is 0 Å². The Labute approximate surface area is 127 Å². The van der Waals surface area contributed by atoms with E-state index in [0.717, 1.165) is 0 Å². The molecule has 4 heteroatoms. The summed E-state index contributed by atoms with van der Waals surface area (Å²) in [6, 6.07) is 6.23. The number of benzene rings is 1. The quantitative estimate of drug-likeness (QED) is 0.906. The third-order valence-electron chi connectivity index (χ3n) is 3.88.